The van der Waals surface area contributed by atoms with Gasteiger partial charge in [0.15, 0.2) is 0 Å². The van der Waals surface area contributed by atoms with Gasteiger partial charge in [0.1, 0.15) is 17.1 Å². The van der Waals surface area contributed by atoms with Crippen molar-refractivity contribution in [2.24, 2.45) is 5.41 Å². The number of likely N-dealkylation sites (tertiary alicyclic amines) is 1. The number of hydrogen-bond acceptors (Lipinski definition) is 4. The van der Waals surface area contributed by atoms with E-state index in [1.165, 1.54) is 14.2 Å². The van der Waals surface area contributed by atoms with Crippen LogP contribution in [0.3, 0.4) is 0 Å². The number of ether oxygens (including phenoxy) is 2. The van der Waals surface area contributed by atoms with Gasteiger partial charge in [-0.3, -0.25) is 9.59 Å². The van der Waals surface area contributed by atoms with Gasteiger partial charge < -0.3 is 19.7 Å². The zero-order chi connectivity index (χ0) is 19.3. The molecule has 144 valence electrons. The highest BCUT2D eigenvalue weighted by Gasteiger charge is 2.32. The lowest BCUT2D eigenvalue weighted by atomic mass is 9.93. The van der Waals surface area contributed by atoms with E-state index >= 15 is 0 Å². The minimum Gasteiger partial charge on any atom is -0.496 e. The Balaban J connectivity index is 2.02. The zero-order valence-corrected chi connectivity index (χ0v) is 16.6. The molecule has 1 aliphatic heterocycles. The summed E-state index contributed by atoms with van der Waals surface area (Å²) in [5.74, 6) is 1.08. The average molecular weight is 383 g/mol. The molecule has 0 bridgehead atoms. The van der Waals surface area contributed by atoms with Gasteiger partial charge in [0, 0.05) is 25.0 Å². The van der Waals surface area contributed by atoms with E-state index in [0.29, 0.717) is 43.0 Å². The normalized spacial score (nSPS) is 15.5. The number of amides is 2. The van der Waals surface area contributed by atoms with E-state index in [4.69, 9.17) is 21.1 Å². The second-order valence-corrected chi connectivity index (χ2v) is 7.36. The van der Waals surface area contributed by atoms with E-state index in [1.54, 1.807) is 23.1 Å². The van der Waals surface area contributed by atoms with E-state index in [1.807, 2.05) is 13.8 Å². The summed E-state index contributed by atoms with van der Waals surface area (Å²) in [6.45, 7) is 4.77. The summed E-state index contributed by atoms with van der Waals surface area (Å²) in [6.07, 6.45) is 1.40. The Labute approximate surface area is 159 Å². The molecule has 1 saturated heterocycles. The standard InChI is InChI=1S/C19H27ClN2O4/c1-19(2,12-20)18(24)21-13-8-10-22(11-9-13)17(23)16-14(25-3)6-5-7-15(16)26-4/h5-7,13H,8-12H2,1-4H3,(H,21,24). The van der Waals surface area contributed by atoms with Crippen LogP contribution in [0.15, 0.2) is 18.2 Å². The fourth-order valence-corrected chi connectivity index (χ4v) is 3.01. The molecule has 1 heterocycles. The van der Waals surface area contributed by atoms with Crippen LogP contribution in [0.1, 0.15) is 37.0 Å². The lowest BCUT2D eigenvalue weighted by molar-refractivity contribution is -0.129. The van der Waals surface area contributed by atoms with Crippen molar-refractivity contribution in [1.29, 1.82) is 0 Å². The molecule has 0 aromatic heterocycles. The van der Waals surface area contributed by atoms with Gasteiger partial charge in [0.05, 0.1) is 19.6 Å². The molecule has 1 aromatic rings. The molecule has 1 N–H and O–H groups in total. The summed E-state index contributed by atoms with van der Waals surface area (Å²) < 4.78 is 10.7. The summed E-state index contributed by atoms with van der Waals surface area (Å²) in [4.78, 5) is 27.0. The molecule has 2 amide bonds. The molecule has 0 aliphatic carbocycles. The molecular formula is C19H27ClN2O4. The number of nitrogens with zero attached hydrogens (tertiary/aromatic N) is 1. The number of benzene rings is 1. The highest BCUT2D eigenvalue weighted by atomic mass is 35.5. The van der Waals surface area contributed by atoms with Crippen LogP contribution in [0.4, 0.5) is 0 Å². The van der Waals surface area contributed by atoms with Crippen molar-refractivity contribution in [2.75, 3.05) is 33.2 Å². The molecule has 0 unspecified atom stereocenters. The fraction of sp³-hybridized carbons (Fsp3) is 0.579. The first-order chi connectivity index (χ1) is 12.3. The zero-order valence-electron chi connectivity index (χ0n) is 15.8. The topological polar surface area (TPSA) is 67.9 Å². The molecular weight excluding hydrogens is 356 g/mol. The summed E-state index contributed by atoms with van der Waals surface area (Å²) in [5, 5.41) is 3.04. The maximum absolute atomic E-state index is 13.0. The van der Waals surface area contributed by atoms with Crippen molar-refractivity contribution < 1.29 is 19.1 Å². The lowest BCUT2D eigenvalue weighted by Crippen LogP contribution is -2.49. The van der Waals surface area contributed by atoms with E-state index in [-0.39, 0.29) is 23.7 Å². The number of carbonyl (C=O) groups is 2. The Morgan fingerprint density at radius 1 is 1.19 bits per heavy atom. The quantitative estimate of drug-likeness (QED) is 0.768. The second kappa shape index (κ2) is 8.62. The smallest absolute Gasteiger partial charge is 0.261 e. The van der Waals surface area contributed by atoms with Crippen molar-refractivity contribution in [3.8, 4) is 11.5 Å². The minimum absolute atomic E-state index is 0.0496. The van der Waals surface area contributed by atoms with E-state index < -0.39 is 5.41 Å². The second-order valence-electron chi connectivity index (χ2n) is 7.09. The molecule has 6 nitrogen and oxygen atoms in total. The molecule has 1 fully saturated rings. The van der Waals surface area contributed by atoms with Crippen LogP contribution in [-0.4, -0.2) is 55.9 Å². The predicted molar refractivity (Wildman–Crippen MR) is 101 cm³/mol. The average Bonchev–Trinajstić information content (AvgIpc) is 2.67. The van der Waals surface area contributed by atoms with Gasteiger partial charge in [0.2, 0.25) is 5.91 Å². The van der Waals surface area contributed by atoms with E-state index in [0.717, 1.165) is 0 Å². The van der Waals surface area contributed by atoms with Crippen molar-refractivity contribution in [3.63, 3.8) is 0 Å². The molecule has 26 heavy (non-hydrogen) atoms. The van der Waals surface area contributed by atoms with Crippen molar-refractivity contribution in [2.45, 2.75) is 32.7 Å². The van der Waals surface area contributed by atoms with Gasteiger partial charge in [-0.1, -0.05) is 6.07 Å². The molecule has 0 saturated carbocycles. The molecule has 0 spiro atoms. The number of rotatable bonds is 6. The van der Waals surface area contributed by atoms with Crippen LogP contribution in [0, 0.1) is 5.41 Å². The summed E-state index contributed by atoms with van der Waals surface area (Å²) in [7, 11) is 3.07. The van der Waals surface area contributed by atoms with Gasteiger partial charge >= 0.3 is 0 Å². The number of nitrogens with one attached hydrogen (secondary N) is 1. The van der Waals surface area contributed by atoms with E-state index in [2.05, 4.69) is 5.32 Å². The van der Waals surface area contributed by atoms with Crippen LogP contribution in [0.5, 0.6) is 11.5 Å². The molecule has 0 radical (unpaired) electrons. The van der Waals surface area contributed by atoms with Crippen molar-refractivity contribution >= 4 is 23.4 Å². The van der Waals surface area contributed by atoms with Gasteiger partial charge in [-0.25, -0.2) is 0 Å². The van der Waals surface area contributed by atoms with Crippen LogP contribution in [0.2, 0.25) is 0 Å². The number of methoxy groups -OCH3 is 2. The number of hydrogen-bond donors (Lipinski definition) is 1. The fourth-order valence-electron chi connectivity index (χ4n) is 2.89. The number of carbonyl (C=O) groups excluding carboxylic acids is 2. The van der Waals surface area contributed by atoms with Gasteiger partial charge in [-0.15, -0.1) is 11.6 Å². The first kappa shape index (κ1) is 20.4. The third-order valence-corrected chi connectivity index (χ3v) is 5.38. The first-order valence-electron chi connectivity index (χ1n) is 8.71. The number of piperidine rings is 1. The Hall–Kier alpha value is -1.95. The van der Waals surface area contributed by atoms with Gasteiger partial charge in [-0.2, -0.15) is 0 Å². The maximum atomic E-state index is 13.0. The Bertz CT molecular complexity index is 633. The SMILES string of the molecule is COc1cccc(OC)c1C(=O)N1CCC(NC(=O)C(C)(C)CCl)CC1. The van der Waals surface area contributed by atoms with Crippen molar-refractivity contribution in [3.05, 3.63) is 23.8 Å². The van der Waals surface area contributed by atoms with Gasteiger partial charge in [-0.05, 0) is 38.8 Å². The van der Waals surface area contributed by atoms with Crippen molar-refractivity contribution in [1.82, 2.24) is 10.2 Å². The lowest BCUT2D eigenvalue weighted by Gasteiger charge is -2.34. The van der Waals surface area contributed by atoms with E-state index in [9.17, 15) is 9.59 Å². The third-order valence-electron chi connectivity index (χ3n) is 4.71. The first-order valence-corrected chi connectivity index (χ1v) is 9.24. The maximum Gasteiger partial charge on any atom is 0.261 e. The highest BCUT2D eigenvalue weighted by Crippen LogP contribution is 2.30. The molecule has 7 heteroatoms. The molecule has 0 atom stereocenters. The summed E-state index contributed by atoms with van der Waals surface area (Å²) in [6, 6.07) is 5.33. The summed E-state index contributed by atoms with van der Waals surface area (Å²) in [5.41, 5.74) is -0.164. The third kappa shape index (κ3) is 4.41. The Kier molecular flexibility index (Phi) is 6.75. The minimum atomic E-state index is -0.598. The predicted octanol–water partition coefficient (Wildman–Crippen LogP) is 2.69. The van der Waals surface area contributed by atoms with Gasteiger partial charge in [0.25, 0.3) is 5.91 Å². The molecule has 2 rings (SSSR count). The highest BCUT2D eigenvalue weighted by molar-refractivity contribution is 6.19. The van der Waals surface area contributed by atoms with Crippen LogP contribution in [0.25, 0.3) is 0 Å². The molecule has 1 aliphatic rings. The summed E-state index contributed by atoms with van der Waals surface area (Å²) >= 11 is 5.86. The van der Waals surface area contributed by atoms with Crippen LogP contribution >= 0.6 is 11.6 Å². The monoisotopic (exact) mass is 382 g/mol. The number of alkyl halides is 1. The Morgan fingerprint density at radius 2 is 1.73 bits per heavy atom. The van der Waals surface area contributed by atoms with Crippen LogP contribution in [-0.2, 0) is 4.79 Å². The Morgan fingerprint density at radius 3 is 2.19 bits per heavy atom. The number of halogens is 1. The van der Waals surface area contributed by atoms with Crippen LogP contribution < -0.4 is 14.8 Å². The largest absolute Gasteiger partial charge is 0.496 e. The molecule has 1 aromatic carbocycles.